The molecule has 1 aliphatic rings. The molecule has 4 rings (SSSR count). The van der Waals surface area contributed by atoms with Gasteiger partial charge in [0.05, 0.1) is 35.8 Å². The van der Waals surface area contributed by atoms with E-state index in [-0.39, 0.29) is 21.4 Å². The van der Waals surface area contributed by atoms with Crippen LogP contribution in [-0.4, -0.2) is 58.5 Å². The Labute approximate surface area is 231 Å². The van der Waals surface area contributed by atoms with Crippen molar-refractivity contribution < 1.29 is 30.8 Å². The Morgan fingerprint density at radius 2 is 1.72 bits per heavy atom. The van der Waals surface area contributed by atoms with Crippen LogP contribution in [0.2, 0.25) is 0 Å². The summed E-state index contributed by atoms with van der Waals surface area (Å²) in [5, 5.41) is 5.23. The van der Waals surface area contributed by atoms with Gasteiger partial charge in [0.2, 0.25) is 26.0 Å². The lowest BCUT2D eigenvalue weighted by atomic mass is 10.2. The van der Waals surface area contributed by atoms with Gasteiger partial charge in [-0.05, 0) is 66.3 Å². The van der Waals surface area contributed by atoms with Crippen LogP contribution in [0.4, 0.5) is 5.69 Å². The predicted octanol–water partition coefficient (Wildman–Crippen LogP) is 2.31. The molecule has 206 valence electrons. The summed E-state index contributed by atoms with van der Waals surface area (Å²) in [7, 11) is -7.42. The number of furan rings is 1. The van der Waals surface area contributed by atoms with E-state index in [2.05, 4.69) is 15.4 Å². The molecule has 2 heterocycles. The molecule has 39 heavy (non-hydrogen) atoms. The molecule has 11 nitrogen and oxygen atoms in total. The first kappa shape index (κ1) is 28.6. The van der Waals surface area contributed by atoms with Gasteiger partial charge in [0, 0.05) is 24.9 Å². The largest absolute Gasteiger partial charge is 0.468 e. The lowest BCUT2D eigenvalue weighted by Gasteiger charge is -2.26. The van der Waals surface area contributed by atoms with Gasteiger partial charge in [0.15, 0.2) is 5.11 Å². The van der Waals surface area contributed by atoms with Gasteiger partial charge in [-0.15, -0.1) is 0 Å². The van der Waals surface area contributed by atoms with E-state index in [9.17, 15) is 21.6 Å². The van der Waals surface area contributed by atoms with Crippen LogP contribution in [0.1, 0.15) is 11.3 Å². The third-order valence-electron chi connectivity index (χ3n) is 5.57. The fourth-order valence-corrected chi connectivity index (χ4v) is 6.24. The second-order valence-corrected chi connectivity index (χ2v) is 12.4. The second kappa shape index (κ2) is 12.6. The number of nitrogens with one attached hydrogen (secondary N) is 3. The highest BCUT2D eigenvalue weighted by Gasteiger charge is 2.26. The van der Waals surface area contributed by atoms with Gasteiger partial charge in [-0.3, -0.25) is 10.1 Å². The molecule has 0 atom stereocenters. The van der Waals surface area contributed by atoms with Crippen LogP contribution in [0.15, 0.2) is 87.2 Å². The van der Waals surface area contributed by atoms with Gasteiger partial charge < -0.3 is 14.5 Å². The maximum absolute atomic E-state index is 12.7. The predicted molar refractivity (Wildman–Crippen MR) is 149 cm³/mol. The molecule has 0 aliphatic carbocycles. The molecule has 14 heteroatoms. The summed E-state index contributed by atoms with van der Waals surface area (Å²) < 4.78 is 64.8. The Morgan fingerprint density at radius 3 is 2.41 bits per heavy atom. The van der Waals surface area contributed by atoms with Crippen molar-refractivity contribution in [2.24, 2.45) is 0 Å². The molecular formula is C25H26N4O7S3. The number of thiocarbonyl (C=S) groups is 1. The second-order valence-electron chi connectivity index (χ2n) is 8.29. The van der Waals surface area contributed by atoms with Crippen LogP contribution < -0.4 is 15.4 Å². The molecule has 0 saturated carbocycles. The normalized spacial score (nSPS) is 14.8. The van der Waals surface area contributed by atoms with Gasteiger partial charge in [-0.25, -0.2) is 21.6 Å². The van der Waals surface area contributed by atoms with E-state index in [0.717, 1.165) is 0 Å². The summed E-state index contributed by atoms with van der Waals surface area (Å²) in [5.41, 5.74) is 0.979. The zero-order chi connectivity index (χ0) is 27.9. The zero-order valence-electron chi connectivity index (χ0n) is 20.6. The van der Waals surface area contributed by atoms with Gasteiger partial charge in [0.25, 0.3) is 0 Å². The molecule has 0 bridgehead atoms. The topological polar surface area (TPSA) is 147 Å². The van der Waals surface area contributed by atoms with E-state index in [1.807, 2.05) is 0 Å². The summed E-state index contributed by atoms with van der Waals surface area (Å²) in [6.07, 6.45) is 4.22. The zero-order valence-corrected chi connectivity index (χ0v) is 23.0. The fourth-order valence-electron chi connectivity index (χ4n) is 3.58. The number of hydrogen-bond acceptors (Lipinski definition) is 8. The number of nitrogens with zero attached hydrogens (tertiary/aromatic N) is 1. The number of carbonyl (C=O) groups excluding carboxylic acids is 1. The number of hydrogen-bond donors (Lipinski definition) is 3. The Bertz CT molecular complexity index is 1550. The van der Waals surface area contributed by atoms with Crippen molar-refractivity contribution in [1.82, 2.24) is 14.3 Å². The van der Waals surface area contributed by atoms with Crippen LogP contribution in [0.3, 0.4) is 0 Å². The minimum Gasteiger partial charge on any atom is -0.468 e. The number of morpholine rings is 1. The summed E-state index contributed by atoms with van der Waals surface area (Å²) in [4.78, 5) is 12.5. The van der Waals surface area contributed by atoms with Crippen LogP contribution in [-0.2, 0) is 36.1 Å². The molecule has 1 saturated heterocycles. The third-order valence-corrected chi connectivity index (χ3v) is 9.09. The first-order valence-electron chi connectivity index (χ1n) is 11.7. The van der Waals surface area contributed by atoms with Crippen molar-refractivity contribution in [2.75, 3.05) is 31.6 Å². The van der Waals surface area contributed by atoms with Crippen molar-refractivity contribution in [3.63, 3.8) is 0 Å². The molecule has 1 amide bonds. The average molecular weight is 591 g/mol. The maximum atomic E-state index is 12.7. The first-order valence-corrected chi connectivity index (χ1v) is 15.1. The van der Waals surface area contributed by atoms with Crippen molar-refractivity contribution in [1.29, 1.82) is 0 Å². The van der Waals surface area contributed by atoms with E-state index >= 15 is 0 Å². The first-order chi connectivity index (χ1) is 18.6. The summed E-state index contributed by atoms with van der Waals surface area (Å²) in [5.74, 6) is -0.0554. The van der Waals surface area contributed by atoms with Crippen molar-refractivity contribution in [2.45, 2.75) is 16.3 Å². The van der Waals surface area contributed by atoms with Crippen molar-refractivity contribution >= 4 is 55.0 Å². The molecule has 1 aromatic heterocycles. The van der Waals surface area contributed by atoms with E-state index < -0.39 is 26.0 Å². The fraction of sp³-hybridized carbons (Fsp3) is 0.200. The summed E-state index contributed by atoms with van der Waals surface area (Å²) in [6, 6.07) is 15.4. The molecule has 1 fully saturated rings. The number of sulfonamides is 2. The lowest BCUT2D eigenvalue weighted by molar-refractivity contribution is -0.115. The molecule has 1 aliphatic heterocycles. The number of carbonyl (C=O) groups is 1. The van der Waals surface area contributed by atoms with Crippen molar-refractivity contribution in [3.8, 4) is 0 Å². The summed E-state index contributed by atoms with van der Waals surface area (Å²) >= 11 is 5.17. The minimum atomic E-state index is -3.81. The quantitative estimate of drug-likeness (QED) is 0.252. The van der Waals surface area contributed by atoms with Gasteiger partial charge in [-0.2, -0.15) is 4.31 Å². The van der Waals surface area contributed by atoms with Gasteiger partial charge in [-0.1, -0.05) is 18.2 Å². The van der Waals surface area contributed by atoms with Gasteiger partial charge >= 0.3 is 0 Å². The highest BCUT2D eigenvalue weighted by Crippen LogP contribution is 2.19. The molecule has 2 aromatic carbocycles. The molecule has 0 spiro atoms. The molecular weight excluding hydrogens is 564 g/mol. The summed E-state index contributed by atoms with van der Waals surface area (Å²) in [6.45, 7) is 1.34. The van der Waals surface area contributed by atoms with Gasteiger partial charge in [0.1, 0.15) is 5.76 Å². The number of anilines is 1. The van der Waals surface area contributed by atoms with E-state index in [0.29, 0.717) is 43.3 Å². The van der Waals surface area contributed by atoms with E-state index in [1.54, 1.807) is 30.3 Å². The third kappa shape index (κ3) is 7.81. The van der Waals surface area contributed by atoms with Crippen LogP contribution in [0.25, 0.3) is 6.08 Å². The van der Waals surface area contributed by atoms with Crippen molar-refractivity contribution in [3.05, 3.63) is 84.3 Å². The number of benzene rings is 2. The van der Waals surface area contributed by atoms with Crippen LogP contribution in [0, 0.1) is 0 Å². The standard InChI is InChI=1S/C25H26N4O7S3/c30-24(11-8-19-6-9-22(10-7-19)39(33,34)29-12-15-35-16-13-29)28-25(37)27-20-3-1-5-23(17-20)38(31,32)26-18-21-4-2-14-36-21/h1-11,14,17,26H,12-13,15-16,18H2,(H2,27,28,30,37). The minimum absolute atomic E-state index is 0.000204. The molecule has 3 aromatic rings. The SMILES string of the molecule is O=C(C=Cc1ccc(S(=O)(=O)N2CCOCC2)cc1)NC(=S)Nc1cccc(S(=O)(=O)NCc2ccco2)c1. The van der Waals surface area contributed by atoms with Crippen LogP contribution >= 0.6 is 12.2 Å². The molecule has 3 N–H and O–H groups in total. The molecule has 0 radical (unpaired) electrons. The monoisotopic (exact) mass is 590 g/mol. The number of amides is 1. The average Bonchev–Trinajstić information content (AvgIpc) is 3.46. The smallest absolute Gasteiger partial charge is 0.250 e. The Morgan fingerprint density at radius 1 is 0.974 bits per heavy atom. The number of rotatable bonds is 9. The maximum Gasteiger partial charge on any atom is 0.250 e. The Hall–Kier alpha value is -3.40. The highest BCUT2D eigenvalue weighted by molar-refractivity contribution is 7.89. The Kier molecular flexibility index (Phi) is 9.27. The van der Waals surface area contributed by atoms with Crippen LogP contribution in [0.5, 0.6) is 0 Å². The number of ether oxygens (including phenoxy) is 1. The highest BCUT2D eigenvalue weighted by atomic mass is 32.2. The van der Waals surface area contributed by atoms with E-state index in [4.69, 9.17) is 21.4 Å². The Balaban J connectivity index is 1.30. The molecule has 0 unspecified atom stereocenters. The van der Waals surface area contributed by atoms with E-state index in [1.165, 1.54) is 53.1 Å². The lowest BCUT2D eigenvalue weighted by Crippen LogP contribution is -2.40.